The van der Waals surface area contributed by atoms with Gasteiger partial charge in [-0.15, -0.1) is 0 Å². The van der Waals surface area contributed by atoms with E-state index in [1.54, 1.807) is 4.90 Å². The quantitative estimate of drug-likeness (QED) is 0.792. The number of likely N-dealkylation sites (tertiary alicyclic amines) is 1. The minimum atomic E-state index is -0.274. The lowest BCUT2D eigenvalue weighted by Gasteiger charge is -2.41. The molecule has 1 heterocycles. The molecule has 0 aromatic carbocycles. The monoisotopic (exact) mass is 310 g/mol. The van der Waals surface area contributed by atoms with Gasteiger partial charge in [0.15, 0.2) is 0 Å². The Labute approximate surface area is 131 Å². The first kappa shape index (κ1) is 15.3. The molecule has 1 saturated heterocycles. The van der Waals surface area contributed by atoms with Gasteiger partial charge in [-0.3, -0.25) is 14.5 Å². The summed E-state index contributed by atoms with van der Waals surface area (Å²) in [6.07, 6.45) is 11.8. The van der Waals surface area contributed by atoms with Gasteiger partial charge in [0.25, 0.3) is 0 Å². The van der Waals surface area contributed by atoms with Crippen LogP contribution in [0.1, 0.15) is 57.8 Å². The lowest BCUT2D eigenvalue weighted by Crippen LogP contribution is -2.50. The van der Waals surface area contributed by atoms with Crippen molar-refractivity contribution < 1.29 is 9.59 Å². The van der Waals surface area contributed by atoms with E-state index in [0.717, 1.165) is 32.2 Å². The maximum Gasteiger partial charge on any atom is 0.247 e. The summed E-state index contributed by atoms with van der Waals surface area (Å²) in [5.74, 6) is 0.0682. The fourth-order valence-electron chi connectivity index (χ4n) is 3.87. The lowest BCUT2D eigenvalue weighted by atomic mass is 9.84. The van der Waals surface area contributed by atoms with Crippen LogP contribution in [0.15, 0.2) is 0 Å². The Kier molecular flexibility index (Phi) is 4.60. The van der Waals surface area contributed by atoms with Crippen molar-refractivity contribution in [1.29, 1.82) is 0 Å². The van der Waals surface area contributed by atoms with Crippen molar-refractivity contribution in [3.05, 3.63) is 0 Å². The highest BCUT2D eigenvalue weighted by atomic mass is 32.2. The third kappa shape index (κ3) is 3.00. The van der Waals surface area contributed by atoms with Crippen LogP contribution in [0.2, 0.25) is 0 Å². The molecule has 3 aliphatic rings. The predicted octanol–water partition coefficient (Wildman–Crippen LogP) is 2.32. The van der Waals surface area contributed by atoms with Crippen molar-refractivity contribution in [3.63, 3.8) is 0 Å². The Morgan fingerprint density at radius 1 is 1.19 bits per heavy atom. The topological polar surface area (TPSA) is 49.4 Å². The van der Waals surface area contributed by atoms with Gasteiger partial charge in [0.1, 0.15) is 0 Å². The molecule has 21 heavy (non-hydrogen) atoms. The molecule has 1 atom stereocenters. The molecule has 5 heteroatoms. The fraction of sp³-hybridized carbons (Fsp3) is 0.875. The van der Waals surface area contributed by atoms with Gasteiger partial charge < -0.3 is 5.32 Å². The van der Waals surface area contributed by atoms with E-state index < -0.39 is 0 Å². The van der Waals surface area contributed by atoms with Crippen molar-refractivity contribution >= 4 is 23.6 Å². The van der Waals surface area contributed by atoms with Crippen molar-refractivity contribution in [1.82, 2.24) is 10.2 Å². The Morgan fingerprint density at radius 2 is 1.90 bits per heavy atom. The molecule has 1 unspecified atom stereocenters. The van der Waals surface area contributed by atoms with Crippen molar-refractivity contribution in [3.8, 4) is 0 Å². The number of thioether (sulfide) groups is 1. The summed E-state index contributed by atoms with van der Waals surface area (Å²) in [4.78, 5) is 26.4. The smallest absolute Gasteiger partial charge is 0.247 e. The Hall–Kier alpha value is -0.550. The maximum atomic E-state index is 12.6. The van der Waals surface area contributed by atoms with Gasteiger partial charge in [0.05, 0.1) is 12.5 Å². The minimum Gasteiger partial charge on any atom is -0.304 e. The summed E-state index contributed by atoms with van der Waals surface area (Å²) in [5, 5.41) is 3.39. The zero-order chi connectivity index (χ0) is 14.9. The van der Waals surface area contributed by atoms with E-state index in [1.807, 2.05) is 11.8 Å². The van der Waals surface area contributed by atoms with Gasteiger partial charge in [-0.2, -0.15) is 11.8 Å². The second-order valence-electron chi connectivity index (χ2n) is 6.77. The SMILES string of the molecule is CSC1(CNC2CC(=O)N(C3CCCCC3)C2=O)CCC1. The van der Waals surface area contributed by atoms with Gasteiger partial charge in [-0.1, -0.05) is 25.7 Å². The molecule has 2 saturated carbocycles. The van der Waals surface area contributed by atoms with Crippen LogP contribution in [0.4, 0.5) is 0 Å². The van der Waals surface area contributed by atoms with Crippen LogP contribution >= 0.6 is 11.8 Å². The Morgan fingerprint density at radius 3 is 2.48 bits per heavy atom. The average molecular weight is 310 g/mol. The van der Waals surface area contributed by atoms with Gasteiger partial charge in [-0.05, 0) is 31.9 Å². The highest BCUT2D eigenvalue weighted by molar-refractivity contribution is 8.00. The highest BCUT2D eigenvalue weighted by Crippen LogP contribution is 2.42. The minimum absolute atomic E-state index is 0.0301. The van der Waals surface area contributed by atoms with E-state index in [9.17, 15) is 9.59 Å². The molecule has 0 aromatic heterocycles. The first-order valence-corrected chi connectivity index (χ1v) is 9.52. The molecular weight excluding hydrogens is 284 g/mol. The van der Waals surface area contributed by atoms with Crippen LogP contribution in [0.25, 0.3) is 0 Å². The summed E-state index contributed by atoms with van der Waals surface area (Å²) in [6, 6.07) is -0.104. The van der Waals surface area contributed by atoms with E-state index in [1.165, 1.54) is 25.7 Å². The number of nitrogens with zero attached hydrogens (tertiary/aromatic N) is 1. The first-order valence-electron chi connectivity index (χ1n) is 8.30. The summed E-state index contributed by atoms with van der Waals surface area (Å²) in [7, 11) is 0. The summed E-state index contributed by atoms with van der Waals surface area (Å²) in [5.41, 5.74) is 0. The van der Waals surface area contributed by atoms with Crippen LogP contribution in [0, 0.1) is 0 Å². The first-order chi connectivity index (χ1) is 10.2. The highest BCUT2D eigenvalue weighted by Gasteiger charge is 2.44. The van der Waals surface area contributed by atoms with Crippen LogP contribution in [0.3, 0.4) is 0 Å². The number of carbonyl (C=O) groups is 2. The van der Waals surface area contributed by atoms with E-state index in [0.29, 0.717) is 11.2 Å². The van der Waals surface area contributed by atoms with Gasteiger partial charge in [0.2, 0.25) is 11.8 Å². The standard InChI is InChI=1S/C16H26N2O2S/c1-21-16(8-5-9-16)11-17-13-10-14(19)18(15(13)20)12-6-3-2-4-7-12/h12-13,17H,2-11H2,1H3. The normalized spacial score (nSPS) is 29.8. The molecule has 1 N–H and O–H groups in total. The second kappa shape index (κ2) is 6.29. The molecule has 0 bridgehead atoms. The molecule has 0 aromatic rings. The van der Waals surface area contributed by atoms with Crippen LogP contribution in [-0.4, -0.2) is 46.3 Å². The number of imide groups is 1. The molecule has 0 spiro atoms. The van der Waals surface area contributed by atoms with Crippen molar-refractivity contribution in [2.75, 3.05) is 12.8 Å². The van der Waals surface area contributed by atoms with Gasteiger partial charge in [0, 0.05) is 17.3 Å². The maximum absolute atomic E-state index is 12.6. The van der Waals surface area contributed by atoms with Crippen molar-refractivity contribution in [2.45, 2.75) is 74.6 Å². The zero-order valence-corrected chi connectivity index (χ0v) is 13.7. The number of hydrogen-bond acceptors (Lipinski definition) is 4. The predicted molar refractivity (Wildman–Crippen MR) is 85.2 cm³/mol. The molecule has 2 aliphatic carbocycles. The number of rotatable bonds is 5. The molecule has 3 rings (SSSR count). The molecule has 118 valence electrons. The Balaban J connectivity index is 1.58. The van der Waals surface area contributed by atoms with E-state index >= 15 is 0 Å². The number of carbonyl (C=O) groups excluding carboxylic acids is 2. The molecule has 2 amide bonds. The number of hydrogen-bond donors (Lipinski definition) is 1. The average Bonchev–Trinajstić information content (AvgIpc) is 2.74. The number of amides is 2. The molecule has 4 nitrogen and oxygen atoms in total. The zero-order valence-electron chi connectivity index (χ0n) is 12.9. The molecule has 0 radical (unpaired) electrons. The van der Waals surface area contributed by atoms with Crippen molar-refractivity contribution in [2.24, 2.45) is 0 Å². The summed E-state index contributed by atoms with van der Waals surface area (Å²) < 4.78 is 0.307. The summed E-state index contributed by atoms with van der Waals surface area (Å²) >= 11 is 1.90. The molecule has 1 aliphatic heterocycles. The van der Waals surface area contributed by atoms with E-state index in [4.69, 9.17) is 0 Å². The third-order valence-electron chi connectivity index (χ3n) is 5.49. The molecule has 3 fully saturated rings. The number of nitrogens with one attached hydrogen (secondary N) is 1. The van der Waals surface area contributed by atoms with Crippen LogP contribution in [-0.2, 0) is 9.59 Å². The Bertz CT molecular complexity index is 411. The fourth-order valence-corrected chi connectivity index (χ4v) is 4.79. The van der Waals surface area contributed by atoms with Crippen LogP contribution in [0.5, 0.6) is 0 Å². The largest absolute Gasteiger partial charge is 0.304 e. The van der Waals surface area contributed by atoms with Crippen LogP contribution < -0.4 is 5.32 Å². The van der Waals surface area contributed by atoms with E-state index in [-0.39, 0.29) is 23.9 Å². The summed E-state index contributed by atoms with van der Waals surface area (Å²) in [6.45, 7) is 0.857. The lowest BCUT2D eigenvalue weighted by molar-refractivity contribution is -0.142. The third-order valence-corrected chi connectivity index (χ3v) is 6.91. The van der Waals surface area contributed by atoms with E-state index in [2.05, 4.69) is 11.6 Å². The molecular formula is C16H26N2O2S. The second-order valence-corrected chi connectivity index (χ2v) is 8.05. The van der Waals surface area contributed by atoms with Gasteiger partial charge >= 0.3 is 0 Å². The van der Waals surface area contributed by atoms with Gasteiger partial charge in [-0.25, -0.2) is 0 Å².